The van der Waals surface area contributed by atoms with Gasteiger partial charge < -0.3 is 9.84 Å². The minimum absolute atomic E-state index is 0.293. The average molecular weight is 278 g/mol. The number of aliphatic hydroxyl groups is 1. The molecule has 2 heterocycles. The third-order valence-electron chi connectivity index (χ3n) is 3.82. The highest BCUT2D eigenvalue weighted by molar-refractivity contribution is 5.75. The predicted octanol–water partition coefficient (Wildman–Crippen LogP) is 1.82. The van der Waals surface area contributed by atoms with E-state index in [0.29, 0.717) is 18.5 Å². The Balaban J connectivity index is 1.72. The molecule has 6 heteroatoms. The number of halogens is 1. The summed E-state index contributed by atoms with van der Waals surface area (Å²) in [5.41, 5.74) is 0.367. The van der Waals surface area contributed by atoms with Crippen molar-refractivity contribution in [1.29, 1.82) is 0 Å². The van der Waals surface area contributed by atoms with Crippen molar-refractivity contribution in [3.8, 4) is 0 Å². The molecule has 1 aromatic carbocycles. The molecule has 0 bridgehead atoms. The largest absolute Gasteiger partial charge is 0.459 e. The Hall–Kier alpha value is -1.82. The van der Waals surface area contributed by atoms with Crippen LogP contribution in [0.3, 0.4) is 0 Å². The molecule has 0 aliphatic carbocycles. The number of aliphatic hydroxyl groups excluding tert-OH is 1. The van der Waals surface area contributed by atoms with Crippen molar-refractivity contribution in [3.05, 3.63) is 35.9 Å². The SMILES string of the molecule is O=C1OC(C(O)C(F)c2ccccc2)CC2N=NCC12. The molecule has 1 aromatic rings. The Morgan fingerprint density at radius 3 is 2.85 bits per heavy atom. The maximum absolute atomic E-state index is 14.3. The summed E-state index contributed by atoms with van der Waals surface area (Å²) >= 11 is 0. The molecule has 5 atom stereocenters. The van der Waals surface area contributed by atoms with Gasteiger partial charge in [0.2, 0.25) is 0 Å². The lowest BCUT2D eigenvalue weighted by molar-refractivity contribution is -0.171. The molecule has 0 radical (unpaired) electrons. The molecule has 1 saturated heterocycles. The fourth-order valence-corrected chi connectivity index (χ4v) is 2.64. The topological polar surface area (TPSA) is 71.2 Å². The molecule has 0 aromatic heterocycles. The lowest BCUT2D eigenvalue weighted by atomic mass is 9.89. The number of carbonyl (C=O) groups excluding carboxylic acids is 1. The fraction of sp³-hybridized carbons (Fsp3) is 0.500. The number of azo groups is 1. The molecule has 0 spiro atoms. The third-order valence-corrected chi connectivity index (χ3v) is 3.82. The van der Waals surface area contributed by atoms with E-state index in [4.69, 9.17) is 4.74 Å². The molecule has 5 nitrogen and oxygen atoms in total. The van der Waals surface area contributed by atoms with Crippen molar-refractivity contribution in [2.45, 2.75) is 30.8 Å². The maximum atomic E-state index is 14.3. The Labute approximate surface area is 115 Å². The van der Waals surface area contributed by atoms with E-state index in [1.807, 2.05) is 0 Å². The Morgan fingerprint density at radius 1 is 1.35 bits per heavy atom. The third kappa shape index (κ3) is 2.31. The summed E-state index contributed by atoms with van der Waals surface area (Å²) in [6.07, 6.45) is -3.55. The lowest BCUT2D eigenvalue weighted by Crippen LogP contribution is -2.46. The van der Waals surface area contributed by atoms with Gasteiger partial charge in [-0.25, -0.2) is 4.39 Å². The molecule has 1 N–H and O–H groups in total. The van der Waals surface area contributed by atoms with Crippen molar-refractivity contribution in [2.24, 2.45) is 16.1 Å². The summed E-state index contributed by atoms with van der Waals surface area (Å²) in [6.45, 7) is 0.323. The monoisotopic (exact) mass is 278 g/mol. The quantitative estimate of drug-likeness (QED) is 0.857. The van der Waals surface area contributed by atoms with Gasteiger partial charge in [-0.3, -0.25) is 4.79 Å². The zero-order chi connectivity index (χ0) is 14.1. The van der Waals surface area contributed by atoms with Crippen LogP contribution < -0.4 is 0 Å². The van der Waals surface area contributed by atoms with Crippen LogP contribution >= 0.6 is 0 Å². The van der Waals surface area contributed by atoms with E-state index in [2.05, 4.69) is 10.2 Å². The van der Waals surface area contributed by atoms with Crippen LogP contribution in [0, 0.1) is 5.92 Å². The van der Waals surface area contributed by atoms with Crippen LogP contribution in [0.1, 0.15) is 18.2 Å². The van der Waals surface area contributed by atoms with E-state index in [-0.39, 0.29) is 12.0 Å². The predicted molar refractivity (Wildman–Crippen MR) is 67.8 cm³/mol. The van der Waals surface area contributed by atoms with Gasteiger partial charge in [-0.05, 0) is 5.56 Å². The van der Waals surface area contributed by atoms with Crippen molar-refractivity contribution >= 4 is 5.97 Å². The average Bonchev–Trinajstić information content (AvgIpc) is 2.95. The number of fused-ring (bicyclic) bond motifs is 1. The van der Waals surface area contributed by atoms with Gasteiger partial charge in [-0.1, -0.05) is 30.3 Å². The minimum atomic E-state index is -1.59. The molecule has 106 valence electrons. The second-order valence-electron chi connectivity index (χ2n) is 5.13. The van der Waals surface area contributed by atoms with Crippen molar-refractivity contribution in [3.63, 3.8) is 0 Å². The molecule has 20 heavy (non-hydrogen) atoms. The summed E-state index contributed by atoms with van der Waals surface area (Å²) in [6, 6.07) is 8.06. The number of hydrogen-bond donors (Lipinski definition) is 1. The minimum Gasteiger partial charge on any atom is -0.459 e. The smallest absolute Gasteiger partial charge is 0.313 e. The number of benzene rings is 1. The molecule has 0 amide bonds. The summed E-state index contributed by atoms with van der Waals surface area (Å²) < 4.78 is 19.4. The maximum Gasteiger partial charge on any atom is 0.313 e. The first kappa shape index (κ1) is 13.2. The van der Waals surface area contributed by atoms with Crippen LogP contribution in [0.25, 0.3) is 0 Å². The van der Waals surface area contributed by atoms with Crippen LogP contribution in [0.15, 0.2) is 40.6 Å². The Bertz CT molecular complexity index is 522. The van der Waals surface area contributed by atoms with Crippen LogP contribution in [0.5, 0.6) is 0 Å². The van der Waals surface area contributed by atoms with Crippen LogP contribution in [-0.4, -0.2) is 35.9 Å². The standard InChI is InChI=1S/C14H15FN2O3/c15-12(8-4-2-1-3-5-8)13(18)11-6-10-9(7-16-17-10)14(19)20-11/h1-5,9-13,18H,6-7H2. The molecule has 2 aliphatic rings. The number of ether oxygens (including phenoxy) is 1. The first-order valence-corrected chi connectivity index (χ1v) is 6.61. The van der Waals surface area contributed by atoms with E-state index in [9.17, 15) is 14.3 Å². The molecular weight excluding hydrogens is 263 g/mol. The Kier molecular flexibility index (Phi) is 3.48. The van der Waals surface area contributed by atoms with Crippen molar-refractivity contribution in [1.82, 2.24) is 0 Å². The highest BCUT2D eigenvalue weighted by Gasteiger charge is 2.45. The van der Waals surface area contributed by atoms with Gasteiger partial charge in [0, 0.05) is 6.42 Å². The summed E-state index contributed by atoms with van der Waals surface area (Å²) in [5, 5.41) is 17.9. The first-order valence-electron chi connectivity index (χ1n) is 6.61. The molecule has 1 fully saturated rings. The van der Waals surface area contributed by atoms with Gasteiger partial charge in [-0.15, -0.1) is 0 Å². The second-order valence-corrected chi connectivity index (χ2v) is 5.13. The van der Waals surface area contributed by atoms with Gasteiger partial charge in [0.05, 0.1) is 12.6 Å². The zero-order valence-electron chi connectivity index (χ0n) is 10.7. The Morgan fingerprint density at radius 2 is 2.10 bits per heavy atom. The number of hydrogen-bond acceptors (Lipinski definition) is 5. The van der Waals surface area contributed by atoms with Gasteiger partial charge in [0.25, 0.3) is 0 Å². The van der Waals surface area contributed by atoms with Crippen molar-refractivity contribution in [2.75, 3.05) is 6.54 Å². The van der Waals surface area contributed by atoms with Crippen LogP contribution in [0.2, 0.25) is 0 Å². The lowest BCUT2D eigenvalue weighted by Gasteiger charge is -2.33. The number of esters is 1. The van der Waals surface area contributed by atoms with Gasteiger partial charge >= 0.3 is 5.97 Å². The van der Waals surface area contributed by atoms with E-state index in [0.717, 1.165) is 0 Å². The first-order chi connectivity index (χ1) is 9.66. The van der Waals surface area contributed by atoms with Gasteiger partial charge in [-0.2, -0.15) is 10.2 Å². The normalized spacial score (nSPS) is 31.5. The molecule has 0 saturated carbocycles. The van der Waals surface area contributed by atoms with Crippen LogP contribution in [-0.2, 0) is 9.53 Å². The molecule has 3 rings (SSSR count). The van der Waals surface area contributed by atoms with Gasteiger partial charge in [0.15, 0.2) is 6.17 Å². The van der Waals surface area contributed by atoms with Crippen LogP contribution in [0.4, 0.5) is 4.39 Å². The molecule has 2 aliphatic heterocycles. The van der Waals surface area contributed by atoms with E-state index >= 15 is 0 Å². The summed E-state index contributed by atoms with van der Waals surface area (Å²) in [4.78, 5) is 11.8. The number of nitrogens with zero attached hydrogens (tertiary/aromatic N) is 2. The second kappa shape index (κ2) is 5.28. The fourth-order valence-electron chi connectivity index (χ4n) is 2.64. The highest BCUT2D eigenvalue weighted by Crippen LogP contribution is 2.34. The number of rotatable bonds is 3. The molecular formula is C14H15FN2O3. The van der Waals surface area contributed by atoms with E-state index in [1.54, 1.807) is 30.3 Å². The summed E-state index contributed by atoms with van der Waals surface area (Å²) in [5.74, 6) is -0.816. The van der Waals surface area contributed by atoms with E-state index < -0.39 is 24.3 Å². The number of cyclic esters (lactones) is 1. The highest BCUT2D eigenvalue weighted by atomic mass is 19.1. The number of alkyl halides is 1. The molecule has 5 unspecified atom stereocenters. The van der Waals surface area contributed by atoms with Crippen molar-refractivity contribution < 1.29 is 19.0 Å². The number of carbonyl (C=O) groups is 1. The van der Waals surface area contributed by atoms with E-state index in [1.165, 1.54) is 0 Å². The zero-order valence-corrected chi connectivity index (χ0v) is 10.7. The van der Waals surface area contributed by atoms with Gasteiger partial charge in [0.1, 0.15) is 18.1 Å². The summed E-state index contributed by atoms with van der Waals surface area (Å²) in [7, 11) is 0.